The summed E-state index contributed by atoms with van der Waals surface area (Å²) in [6.07, 6.45) is 4.94. The van der Waals surface area contributed by atoms with Crippen LogP contribution in [0.1, 0.15) is 31.2 Å². The molecule has 0 aromatic heterocycles. The molecule has 1 N–H and O–H groups in total. The smallest absolute Gasteiger partial charge is 0.228 e. The van der Waals surface area contributed by atoms with Crippen LogP contribution in [-0.2, 0) is 10.2 Å². The van der Waals surface area contributed by atoms with Crippen LogP contribution in [0.5, 0.6) is 0 Å². The number of hydrogen-bond donors (Lipinski definition) is 1. The van der Waals surface area contributed by atoms with Gasteiger partial charge in [0, 0.05) is 17.0 Å². The topological polar surface area (TPSA) is 29.1 Å². The number of nitrogens with one attached hydrogen (secondary N) is 1. The Balaban J connectivity index is 1.95. The van der Waals surface area contributed by atoms with E-state index in [9.17, 15) is 4.79 Å². The van der Waals surface area contributed by atoms with Crippen molar-refractivity contribution in [2.75, 3.05) is 5.32 Å². The molecule has 3 aliphatic rings. The van der Waals surface area contributed by atoms with E-state index in [1.165, 1.54) is 24.8 Å². The van der Waals surface area contributed by atoms with E-state index in [0.717, 1.165) is 18.0 Å². The Kier molecular flexibility index (Phi) is 1.47. The molecule has 3 atom stereocenters. The molecule has 1 aromatic rings. The molecule has 1 heterocycles. The lowest BCUT2D eigenvalue weighted by atomic mass is 9.50. The summed E-state index contributed by atoms with van der Waals surface area (Å²) in [7, 11) is 0. The molecule has 1 aliphatic heterocycles. The standard InChI is InChI=1S/C14H15NO/c16-13-11-8-9-4-3-7-14(9,11)10-5-1-2-6-12(10)15-13/h1-2,5-6,9,11H,3-4,7-8H2,(H,15,16). The van der Waals surface area contributed by atoms with Crippen LogP contribution in [0.4, 0.5) is 5.69 Å². The Bertz CT molecular complexity index is 481. The summed E-state index contributed by atoms with van der Waals surface area (Å²) in [6.45, 7) is 0. The molecule has 16 heavy (non-hydrogen) atoms. The van der Waals surface area contributed by atoms with Gasteiger partial charge in [-0.05, 0) is 36.8 Å². The van der Waals surface area contributed by atoms with Gasteiger partial charge in [0.1, 0.15) is 0 Å². The second-order valence-corrected chi connectivity index (χ2v) is 5.45. The van der Waals surface area contributed by atoms with E-state index in [0.29, 0.717) is 0 Å². The first-order valence-electron chi connectivity index (χ1n) is 6.23. The van der Waals surface area contributed by atoms with Gasteiger partial charge in [0.05, 0.1) is 0 Å². The Morgan fingerprint density at radius 2 is 2.19 bits per heavy atom. The van der Waals surface area contributed by atoms with Crippen LogP contribution in [0.3, 0.4) is 0 Å². The summed E-state index contributed by atoms with van der Waals surface area (Å²) in [5, 5.41) is 3.06. The number of amides is 1. The summed E-state index contributed by atoms with van der Waals surface area (Å²) in [6, 6.07) is 8.39. The molecule has 1 aromatic carbocycles. The van der Waals surface area contributed by atoms with Gasteiger partial charge in [-0.15, -0.1) is 0 Å². The van der Waals surface area contributed by atoms with Gasteiger partial charge >= 0.3 is 0 Å². The number of benzene rings is 1. The zero-order valence-corrected chi connectivity index (χ0v) is 9.20. The van der Waals surface area contributed by atoms with Crippen LogP contribution >= 0.6 is 0 Å². The van der Waals surface area contributed by atoms with Crippen molar-refractivity contribution in [1.82, 2.24) is 0 Å². The maximum atomic E-state index is 12.0. The van der Waals surface area contributed by atoms with Gasteiger partial charge in [-0.3, -0.25) is 4.79 Å². The lowest BCUT2D eigenvalue weighted by molar-refractivity contribution is -0.130. The molecule has 2 nitrogen and oxygen atoms in total. The van der Waals surface area contributed by atoms with Crippen molar-refractivity contribution >= 4 is 11.6 Å². The average molecular weight is 213 g/mol. The van der Waals surface area contributed by atoms with Gasteiger partial charge in [0.15, 0.2) is 0 Å². The minimum atomic E-state index is 0.221. The maximum Gasteiger partial charge on any atom is 0.228 e. The van der Waals surface area contributed by atoms with Crippen molar-refractivity contribution in [3.05, 3.63) is 29.8 Å². The number of rotatable bonds is 0. The van der Waals surface area contributed by atoms with Crippen LogP contribution in [-0.4, -0.2) is 5.91 Å². The largest absolute Gasteiger partial charge is 0.326 e. The second kappa shape index (κ2) is 2.68. The first kappa shape index (κ1) is 8.80. The van der Waals surface area contributed by atoms with E-state index in [4.69, 9.17) is 0 Å². The number of fused-ring (bicyclic) bond motifs is 1. The minimum absolute atomic E-state index is 0.221. The van der Waals surface area contributed by atoms with Crippen molar-refractivity contribution < 1.29 is 4.79 Å². The highest BCUT2D eigenvalue weighted by atomic mass is 16.2. The molecule has 82 valence electrons. The molecule has 2 aliphatic carbocycles. The SMILES string of the molecule is O=C1Nc2ccccc2C23CCCC2CC13. The lowest BCUT2D eigenvalue weighted by Gasteiger charge is -2.55. The van der Waals surface area contributed by atoms with Crippen LogP contribution in [0, 0.1) is 11.8 Å². The number of para-hydroxylation sites is 1. The number of hydrogen-bond acceptors (Lipinski definition) is 1. The van der Waals surface area contributed by atoms with Gasteiger partial charge in [-0.2, -0.15) is 0 Å². The molecule has 1 spiro atoms. The normalized spacial score (nSPS) is 39.1. The fourth-order valence-corrected chi connectivity index (χ4v) is 4.32. The third-order valence-electron chi connectivity index (χ3n) is 5.02. The third-order valence-corrected chi connectivity index (χ3v) is 5.02. The molecule has 2 heteroatoms. The summed E-state index contributed by atoms with van der Waals surface area (Å²) < 4.78 is 0. The van der Waals surface area contributed by atoms with E-state index in [1.54, 1.807) is 0 Å². The minimum Gasteiger partial charge on any atom is -0.326 e. The van der Waals surface area contributed by atoms with E-state index in [-0.39, 0.29) is 17.2 Å². The van der Waals surface area contributed by atoms with Crippen molar-refractivity contribution in [1.29, 1.82) is 0 Å². The van der Waals surface area contributed by atoms with E-state index < -0.39 is 0 Å². The lowest BCUT2D eigenvalue weighted by Crippen LogP contribution is -2.57. The molecular formula is C14H15NO. The van der Waals surface area contributed by atoms with E-state index >= 15 is 0 Å². The monoisotopic (exact) mass is 213 g/mol. The van der Waals surface area contributed by atoms with Crippen LogP contribution < -0.4 is 5.32 Å². The second-order valence-electron chi connectivity index (χ2n) is 5.45. The van der Waals surface area contributed by atoms with Crippen molar-refractivity contribution in [2.24, 2.45) is 11.8 Å². The third kappa shape index (κ3) is 0.796. The summed E-state index contributed by atoms with van der Waals surface area (Å²) in [5.74, 6) is 1.29. The molecule has 4 rings (SSSR count). The quantitative estimate of drug-likeness (QED) is 0.705. The molecular weight excluding hydrogens is 198 g/mol. The van der Waals surface area contributed by atoms with E-state index in [1.807, 2.05) is 12.1 Å². The van der Waals surface area contributed by atoms with Crippen molar-refractivity contribution in [3.63, 3.8) is 0 Å². The summed E-state index contributed by atoms with van der Waals surface area (Å²) >= 11 is 0. The zero-order chi connectivity index (χ0) is 10.8. The number of carbonyl (C=O) groups is 1. The fourth-order valence-electron chi connectivity index (χ4n) is 4.32. The Morgan fingerprint density at radius 3 is 3.06 bits per heavy atom. The number of anilines is 1. The van der Waals surface area contributed by atoms with Crippen molar-refractivity contribution in [3.8, 4) is 0 Å². The molecule has 2 saturated carbocycles. The van der Waals surface area contributed by atoms with Gasteiger partial charge in [-0.25, -0.2) is 0 Å². The molecule has 2 fully saturated rings. The predicted octanol–water partition coefficient (Wildman–Crippen LogP) is 2.70. The Hall–Kier alpha value is -1.31. The highest BCUT2D eigenvalue weighted by molar-refractivity contribution is 5.98. The summed E-state index contributed by atoms with van der Waals surface area (Å²) in [4.78, 5) is 12.0. The Morgan fingerprint density at radius 1 is 1.31 bits per heavy atom. The van der Waals surface area contributed by atoms with Gasteiger partial charge in [-0.1, -0.05) is 24.6 Å². The maximum absolute atomic E-state index is 12.0. The van der Waals surface area contributed by atoms with E-state index in [2.05, 4.69) is 17.4 Å². The molecule has 0 bridgehead atoms. The first-order chi connectivity index (χ1) is 7.82. The zero-order valence-electron chi connectivity index (χ0n) is 9.20. The van der Waals surface area contributed by atoms with Crippen LogP contribution in [0.15, 0.2) is 24.3 Å². The Labute approximate surface area is 95.0 Å². The predicted molar refractivity (Wildman–Crippen MR) is 62.2 cm³/mol. The molecule has 0 radical (unpaired) electrons. The van der Waals surface area contributed by atoms with Crippen LogP contribution in [0.2, 0.25) is 0 Å². The molecule has 1 amide bonds. The average Bonchev–Trinajstić information content (AvgIpc) is 2.57. The van der Waals surface area contributed by atoms with Crippen LogP contribution in [0.25, 0.3) is 0 Å². The molecule has 0 saturated heterocycles. The fraction of sp³-hybridized carbons (Fsp3) is 0.500. The highest BCUT2D eigenvalue weighted by Crippen LogP contribution is 2.65. The number of carbonyl (C=O) groups excluding carboxylic acids is 1. The highest BCUT2D eigenvalue weighted by Gasteiger charge is 2.62. The first-order valence-corrected chi connectivity index (χ1v) is 6.23. The molecule has 3 unspecified atom stereocenters. The van der Waals surface area contributed by atoms with Gasteiger partial charge < -0.3 is 5.32 Å². The van der Waals surface area contributed by atoms with Gasteiger partial charge in [0.25, 0.3) is 0 Å². The summed E-state index contributed by atoms with van der Waals surface area (Å²) in [5.41, 5.74) is 2.70. The van der Waals surface area contributed by atoms with Crippen molar-refractivity contribution in [2.45, 2.75) is 31.1 Å². The van der Waals surface area contributed by atoms with Gasteiger partial charge in [0.2, 0.25) is 5.91 Å².